The van der Waals surface area contributed by atoms with Gasteiger partial charge >= 0.3 is 0 Å². The molecule has 0 aromatic heterocycles. The van der Waals surface area contributed by atoms with E-state index in [0.29, 0.717) is 58.8 Å². The normalized spacial score (nSPS) is 13.9. The number of halogens is 1. The second-order valence-corrected chi connectivity index (χ2v) is 8.15. The first-order valence-corrected chi connectivity index (χ1v) is 10.7. The summed E-state index contributed by atoms with van der Waals surface area (Å²) in [5, 5.41) is 3.59. The summed E-state index contributed by atoms with van der Waals surface area (Å²) in [6.07, 6.45) is 0.667. The third kappa shape index (κ3) is 5.02. The Balaban J connectivity index is 2.01. The molecule has 164 valence electrons. The average molecular weight is 443 g/mol. The highest BCUT2D eigenvalue weighted by Gasteiger charge is 2.39. The van der Waals surface area contributed by atoms with Crippen LogP contribution in [0.3, 0.4) is 0 Å². The van der Waals surface area contributed by atoms with Crippen LogP contribution < -0.4 is 14.8 Å². The molecule has 2 amide bonds. The number of imide groups is 1. The Morgan fingerprint density at radius 2 is 1.77 bits per heavy atom. The topological polar surface area (TPSA) is 67.9 Å². The Morgan fingerprint density at radius 3 is 2.39 bits per heavy atom. The van der Waals surface area contributed by atoms with Gasteiger partial charge in [-0.3, -0.25) is 14.5 Å². The summed E-state index contributed by atoms with van der Waals surface area (Å²) in [4.78, 5) is 27.5. The van der Waals surface area contributed by atoms with Crippen molar-refractivity contribution in [2.24, 2.45) is 5.92 Å². The van der Waals surface area contributed by atoms with E-state index in [1.54, 1.807) is 30.3 Å². The smallest absolute Gasteiger partial charge is 0.278 e. The molecule has 0 spiro atoms. The Labute approximate surface area is 187 Å². The van der Waals surface area contributed by atoms with Gasteiger partial charge in [-0.25, -0.2) is 0 Å². The highest BCUT2D eigenvalue weighted by Crippen LogP contribution is 2.35. The summed E-state index contributed by atoms with van der Waals surface area (Å²) < 4.78 is 11.1. The van der Waals surface area contributed by atoms with Crippen molar-refractivity contribution in [2.45, 2.75) is 27.2 Å². The fraction of sp³-hybridized carbons (Fsp3) is 0.333. The van der Waals surface area contributed by atoms with Gasteiger partial charge in [-0.05, 0) is 48.2 Å². The summed E-state index contributed by atoms with van der Waals surface area (Å²) in [5.74, 6) is 0.937. The molecule has 0 saturated heterocycles. The molecule has 0 radical (unpaired) electrons. The van der Waals surface area contributed by atoms with Crippen molar-refractivity contribution in [3.63, 3.8) is 0 Å². The van der Waals surface area contributed by atoms with Gasteiger partial charge in [0.05, 0.1) is 25.0 Å². The van der Waals surface area contributed by atoms with E-state index in [9.17, 15) is 9.59 Å². The highest BCUT2D eigenvalue weighted by molar-refractivity contribution is 6.36. The maximum absolute atomic E-state index is 13.1. The van der Waals surface area contributed by atoms with Crippen LogP contribution in [-0.2, 0) is 9.59 Å². The molecule has 0 unspecified atom stereocenters. The largest absolute Gasteiger partial charge is 0.495 e. The first-order valence-electron chi connectivity index (χ1n) is 10.3. The molecule has 2 aromatic carbocycles. The number of methoxy groups -OCH3 is 1. The molecule has 0 saturated carbocycles. The molecule has 2 aromatic rings. The number of nitrogens with one attached hydrogen (secondary N) is 1. The lowest BCUT2D eigenvalue weighted by atomic mass is 10.0. The van der Waals surface area contributed by atoms with E-state index in [2.05, 4.69) is 19.2 Å². The molecule has 1 heterocycles. The average Bonchev–Trinajstić information content (AvgIpc) is 2.97. The van der Waals surface area contributed by atoms with Crippen LogP contribution in [0, 0.1) is 5.92 Å². The standard InChI is InChI=1S/C24H27ClN2O4/c1-5-12-27-23(28)21(16-6-9-18(10-7-16)31-14-15(2)3)22(24(27)29)26-19-13-17(25)8-11-20(19)30-4/h6-11,13,15,26H,5,12,14H2,1-4H3. The van der Waals surface area contributed by atoms with Crippen LogP contribution in [0.15, 0.2) is 48.2 Å². The lowest BCUT2D eigenvalue weighted by Crippen LogP contribution is -2.33. The molecule has 6 nitrogen and oxygen atoms in total. The second-order valence-electron chi connectivity index (χ2n) is 7.71. The minimum Gasteiger partial charge on any atom is -0.495 e. The number of benzene rings is 2. The van der Waals surface area contributed by atoms with Gasteiger partial charge in [0.25, 0.3) is 11.8 Å². The minimum atomic E-state index is -0.371. The van der Waals surface area contributed by atoms with Gasteiger partial charge in [0, 0.05) is 11.6 Å². The van der Waals surface area contributed by atoms with Gasteiger partial charge in [-0.15, -0.1) is 0 Å². The number of hydrogen-bond donors (Lipinski definition) is 1. The summed E-state index contributed by atoms with van der Waals surface area (Å²) in [5.41, 5.74) is 1.67. The van der Waals surface area contributed by atoms with E-state index < -0.39 is 0 Å². The molecule has 1 N–H and O–H groups in total. The molecule has 3 rings (SSSR count). The number of anilines is 1. The zero-order chi connectivity index (χ0) is 22.5. The van der Waals surface area contributed by atoms with Gasteiger partial charge in [0.2, 0.25) is 0 Å². The second kappa shape index (κ2) is 9.88. The number of rotatable bonds is 9. The number of amides is 2. The van der Waals surface area contributed by atoms with Crippen molar-refractivity contribution >= 4 is 34.7 Å². The van der Waals surface area contributed by atoms with Gasteiger partial charge in [0.15, 0.2) is 0 Å². The predicted molar refractivity (Wildman–Crippen MR) is 122 cm³/mol. The van der Waals surface area contributed by atoms with Crippen LogP contribution >= 0.6 is 11.6 Å². The molecule has 7 heteroatoms. The van der Waals surface area contributed by atoms with E-state index in [-0.39, 0.29) is 17.5 Å². The SMILES string of the molecule is CCCN1C(=O)C(Nc2cc(Cl)ccc2OC)=C(c2ccc(OCC(C)C)cc2)C1=O. The van der Waals surface area contributed by atoms with Crippen LogP contribution in [0.25, 0.3) is 5.57 Å². The fourth-order valence-electron chi connectivity index (χ4n) is 3.28. The number of hydrogen-bond acceptors (Lipinski definition) is 5. The molecule has 0 aliphatic carbocycles. The van der Waals surface area contributed by atoms with Crippen molar-refractivity contribution in [1.82, 2.24) is 4.90 Å². The maximum Gasteiger partial charge on any atom is 0.278 e. The lowest BCUT2D eigenvalue weighted by molar-refractivity contribution is -0.136. The van der Waals surface area contributed by atoms with Crippen LogP contribution in [0.4, 0.5) is 5.69 Å². The molecule has 1 aliphatic rings. The quantitative estimate of drug-likeness (QED) is 0.554. The first kappa shape index (κ1) is 22.7. The van der Waals surface area contributed by atoms with Crippen LogP contribution in [0.2, 0.25) is 5.02 Å². The first-order chi connectivity index (χ1) is 14.8. The third-order valence-electron chi connectivity index (χ3n) is 4.76. The van der Waals surface area contributed by atoms with Gasteiger partial charge < -0.3 is 14.8 Å². The summed E-state index contributed by atoms with van der Waals surface area (Å²) in [6, 6.07) is 12.3. The predicted octanol–water partition coefficient (Wildman–Crippen LogP) is 4.99. The lowest BCUT2D eigenvalue weighted by Gasteiger charge is -2.15. The summed E-state index contributed by atoms with van der Waals surface area (Å²) in [7, 11) is 1.53. The number of carbonyl (C=O) groups excluding carboxylic acids is 2. The Morgan fingerprint density at radius 1 is 1.06 bits per heavy atom. The van der Waals surface area contributed by atoms with E-state index in [4.69, 9.17) is 21.1 Å². The summed E-state index contributed by atoms with van der Waals surface area (Å²) >= 11 is 6.14. The Kier molecular flexibility index (Phi) is 7.23. The monoisotopic (exact) mass is 442 g/mol. The zero-order valence-electron chi connectivity index (χ0n) is 18.2. The molecular weight excluding hydrogens is 416 g/mol. The Bertz CT molecular complexity index is 999. The van der Waals surface area contributed by atoms with Crippen LogP contribution in [0.5, 0.6) is 11.5 Å². The van der Waals surface area contributed by atoms with Gasteiger partial charge in [-0.2, -0.15) is 0 Å². The molecule has 31 heavy (non-hydrogen) atoms. The van der Waals surface area contributed by atoms with Gasteiger partial charge in [-0.1, -0.05) is 44.5 Å². The van der Waals surface area contributed by atoms with Crippen LogP contribution in [0.1, 0.15) is 32.8 Å². The van der Waals surface area contributed by atoms with Crippen molar-refractivity contribution in [1.29, 1.82) is 0 Å². The fourth-order valence-corrected chi connectivity index (χ4v) is 3.45. The van der Waals surface area contributed by atoms with E-state index in [0.717, 1.165) is 0 Å². The van der Waals surface area contributed by atoms with Crippen molar-refractivity contribution in [3.8, 4) is 11.5 Å². The van der Waals surface area contributed by atoms with Gasteiger partial charge in [0.1, 0.15) is 17.2 Å². The van der Waals surface area contributed by atoms with Crippen molar-refractivity contribution in [2.75, 3.05) is 25.6 Å². The minimum absolute atomic E-state index is 0.204. The molecule has 0 atom stereocenters. The highest BCUT2D eigenvalue weighted by atomic mass is 35.5. The van der Waals surface area contributed by atoms with E-state index in [1.807, 2.05) is 19.1 Å². The molecule has 0 fully saturated rings. The zero-order valence-corrected chi connectivity index (χ0v) is 19.0. The molecule has 1 aliphatic heterocycles. The third-order valence-corrected chi connectivity index (χ3v) is 5.00. The number of nitrogens with zero attached hydrogens (tertiary/aromatic N) is 1. The number of carbonyl (C=O) groups is 2. The molecule has 0 bridgehead atoms. The number of ether oxygens (including phenoxy) is 2. The van der Waals surface area contributed by atoms with Crippen LogP contribution in [-0.4, -0.2) is 37.0 Å². The van der Waals surface area contributed by atoms with Crippen molar-refractivity contribution < 1.29 is 19.1 Å². The Hall–Kier alpha value is -2.99. The summed E-state index contributed by atoms with van der Waals surface area (Å²) in [6.45, 7) is 7.02. The van der Waals surface area contributed by atoms with E-state index >= 15 is 0 Å². The van der Waals surface area contributed by atoms with Crippen molar-refractivity contribution in [3.05, 3.63) is 58.7 Å². The van der Waals surface area contributed by atoms with E-state index in [1.165, 1.54) is 12.0 Å². The molecular formula is C24H27ClN2O4. The maximum atomic E-state index is 13.1.